The van der Waals surface area contributed by atoms with Crippen LogP contribution in [0.15, 0.2) is 47.5 Å². The first kappa shape index (κ1) is 32.2. The first-order chi connectivity index (χ1) is 19.5. The van der Waals surface area contributed by atoms with E-state index in [1.807, 2.05) is 30.9 Å². The average molecular weight is 597 g/mol. The maximum absolute atomic E-state index is 14.5. The zero-order chi connectivity index (χ0) is 31.0. The van der Waals surface area contributed by atoms with Crippen LogP contribution in [0, 0.1) is 22.6 Å². The molecule has 1 aliphatic carbocycles. The summed E-state index contributed by atoms with van der Waals surface area (Å²) in [5.41, 5.74) is 1.82. The van der Waals surface area contributed by atoms with Gasteiger partial charge in [-0.1, -0.05) is 65.3 Å². The molecule has 1 heterocycles. The van der Waals surface area contributed by atoms with Crippen LogP contribution in [0.1, 0.15) is 121 Å². The summed E-state index contributed by atoms with van der Waals surface area (Å²) >= 11 is 6.16. The molecule has 5 nitrogen and oxygen atoms in total. The predicted octanol–water partition coefficient (Wildman–Crippen LogP) is 9.18. The molecule has 228 valence electrons. The normalized spacial score (nSPS) is 22.1. The molecular formula is C35H46ClFN2O3. The second-order valence-electron chi connectivity index (χ2n) is 14.6. The average Bonchev–Trinajstić information content (AvgIpc) is 3.16. The van der Waals surface area contributed by atoms with Gasteiger partial charge in [-0.15, -0.1) is 0 Å². The molecule has 2 aromatic rings. The molecule has 1 spiro atoms. The molecule has 2 aliphatic rings. The zero-order valence-electron chi connectivity index (χ0n) is 26.4. The van der Waals surface area contributed by atoms with Crippen LogP contribution in [-0.2, 0) is 9.53 Å². The fourth-order valence-corrected chi connectivity index (χ4v) is 6.49. The van der Waals surface area contributed by atoms with Crippen molar-refractivity contribution in [3.05, 3.63) is 70.0 Å². The van der Waals surface area contributed by atoms with E-state index in [1.165, 1.54) is 12.1 Å². The summed E-state index contributed by atoms with van der Waals surface area (Å²) in [6, 6.07) is 11.6. The quantitative estimate of drug-likeness (QED) is 0.299. The number of ether oxygens (including phenoxy) is 1. The number of carbonyl (C=O) groups excluding carboxylic acids is 2. The van der Waals surface area contributed by atoms with Gasteiger partial charge in [-0.3, -0.25) is 9.79 Å². The lowest BCUT2D eigenvalue weighted by Gasteiger charge is -2.47. The van der Waals surface area contributed by atoms with Gasteiger partial charge in [0.2, 0.25) is 0 Å². The maximum Gasteiger partial charge on any atom is 0.338 e. The Labute approximate surface area is 255 Å². The predicted molar refractivity (Wildman–Crippen MR) is 167 cm³/mol. The summed E-state index contributed by atoms with van der Waals surface area (Å²) in [6.07, 6.45) is 4.84. The molecule has 1 atom stereocenters. The first-order valence-corrected chi connectivity index (χ1v) is 15.6. The maximum atomic E-state index is 14.5. The highest BCUT2D eigenvalue weighted by molar-refractivity contribution is 6.47. The second-order valence-corrected chi connectivity index (χ2v) is 15.0. The zero-order valence-corrected chi connectivity index (χ0v) is 27.1. The van der Waals surface area contributed by atoms with Gasteiger partial charge in [0.15, 0.2) is 0 Å². The van der Waals surface area contributed by atoms with Gasteiger partial charge < -0.3 is 9.64 Å². The minimum absolute atomic E-state index is 0.0277. The third-order valence-electron chi connectivity index (χ3n) is 8.75. The smallest absolute Gasteiger partial charge is 0.338 e. The van der Waals surface area contributed by atoms with Crippen molar-refractivity contribution in [3.63, 3.8) is 0 Å². The first-order valence-electron chi connectivity index (χ1n) is 15.2. The van der Waals surface area contributed by atoms with Crippen LogP contribution in [0.25, 0.3) is 0 Å². The lowest BCUT2D eigenvalue weighted by atomic mass is 9.69. The van der Waals surface area contributed by atoms with Crippen molar-refractivity contribution >= 4 is 29.2 Å². The molecule has 0 aromatic heterocycles. The van der Waals surface area contributed by atoms with Crippen LogP contribution in [0.2, 0.25) is 5.02 Å². The molecule has 1 aliphatic heterocycles. The largest absolute Gasteiger partial charge is 0.459 e. The standard InChI is InChI=1S/C35H46ClFN2O3/c1-22(2)42-32(41)24-11-9-23(10-12-24)29(17-18-33(3,4)5)39-31(40)30(25-13-14-28(37)27(36)21-25)38-35(39)19-15-26(16-20-35)34(6,7)8/h9-14,21-22,26,29H,15-20H2,1-8H3/t26?,29-,35?/m1/s1. The van der Waals surface area contributed by atoms with Gasteiger partial charge in [-0.05, 0) is 105 Å². The van der Waals surface area contributed by atoms with Crippen molar-refractivity contribution in [1.29, 1.82) is 0 Å². The van der Waals surface area contributed by atoms with E-state index in [4.69, 9.17) is 21.3 Å². The van der Waals surface area contributed by atoms with Crippen LogP contribution >= 0.6 is 11.6 Å². The SMILES string of the molecule is CC(C)OC(=O)c1ccc([C@@H](CCC(C)(C)C)N2C(=O)C(c3ccc(F)c(Cl)c3)=NC23CCC(C(C)(C)C)CC3)cc1. The number of amides is 1. The number of esters is 1. The number of hydrogen-bond donors (Lipinski definition) is 0. The van der Waals surface area contributed by atoms with E-state index >= 15 is 0 Å². The van der Waals surface area contributed by atoms with Crippen molar-refractivity contribution < 1.29 is 18.7 Å². The van der Waals surface area contributed by atoms with Crippen molar-refractivity contribution in [2.24, 2.45) is 21.7 Å². The Morgan fingerprint density at radius 1 is 1.07 bits per heavy atom. The third kappa shape index (κ3) is 7.07. The minimum Gasteiger partial charge on any atom is -0.459 e. The summed E-state index contributed by atoms with van der Waals surface area (Å²) < 4.78 is 19.5. The van der Waals surface area contributed by atoms with Gasteiger partial charge in [-0.2, -0.15) is 0 Å². The highest BCUT2D eigenvalue weighted by Crippen LogP contribution is 2.50. The van der Waals surface area contributed by atoms with Crippen LogP contribution in [0.4, 0.5) is 4.39 Å². The summed E-state index contributed by atoms with van der Waals surface area (Å²) in [5, 5.41) is -0.0277. The van der Waals surface area contributed by atoms with Crippen LogP contribution < -0.4 is 0 Å². The van der Waals surface area contributed by atoms with E-state index < -0.39 is 11.5 Å². The van der Waals surface area contributed by atoms with Crippen LogP contribution in [0.5, 0.6) is 0 Å². The molecule has 1 amide bonds. The monoisotopic (exact) mass is 596 g/mol. The lowest BCUT2D eigenvalue weighted by molar-refractivity contribution is -0.134. The minimum atomic E-state index is -0.702. The van der Waals surface area contributed by atoms with E-state index in [9.17, 15) is 14.0 Å². The van der Waals surface area contributed by atoms with Crippen LogP contribution in [-0.4, -0.2) is 34.3 Å². The van der Waals surface area contributed by atoms with E-state index in [-0.39, 0.29) is 39.9 Å². The number of rotatable bonds is 7. The summed E-state index contributed by atoms with van der Waals surface area (Å²) in [6.45, 7) is 17.1. The number of hydrogen-bond acceptors (Lipinski definition) is 4. The van der Waals surface area contributed by atoms with E-state index in [1.54, 1.807) is 18.2 Å². The molecule has 0 bridgehead atoms. The molecule has 42 heavy (non-hydrogen) atoms. The number of halogens is 2. The molecule has 7 heteroatoms. The summed E-state index contributed by atoms with van der Waals surface area (Å²) in [4.78, 5) is 34.3. The van der Waals surface area contributed by atoms with Crippen LogP contribution in [0.3, 0.4) is 0 Å². The highest BCUT2D eigenvalue weighted by atomic mass is 35.5. The molecular weight excluding hydrogens is 551 g/mol. The fraction of sp³-hybridized carbons (Fsp3) is 0.571. The van der Waals surface area contributed by atoms with Crippen molar-refractivity contribution in [2.75, 3.05) is 0 Å². The third-order valence-corrected chi connectivity index (χ3v) is 9.04. The van der Waals surface area contributed by atoms with Gasteiger partial charge >= 0.3 is 5.97 Å². The van der Waals surface area contributed by atoms with Crippen molar-refractivity contribution in [2.45, 2.75) is 112 Å². The second kappa shape index (κ2) is 12.1. The van der Waals surface area contributed by atoms with Crippen molar-refractivity contribution in [1.82, 2.24) is 4.90 Å². The molecule has 1 saturated carbocycles. The molecule has 2 aromatic carbocycles. The Kier molecular flexibility index (Phi) is 9.28. The number of carbonyl (C=O) groups is 2. The van der Waals surface area contributed by atoms with Gasteiger partial charge in [0, 0.05) is 5.56 Å². The molecule has 0 radical (unpaired) electrons. The molecule has 0 unspecified atom stereocenters. The van der Waals surface area contributed by atoms with Gasteiger partial charge in [0.05, 0.1) is 22.7 Å². The summed E-state index contributed by atoms with van der Waals surface area (Å²) in [7, 11) is 0. The highest BCUT2D eigenvalue weighted by Gasteiger charge is 2.52. The molecule has 0 saturated heterocycles. The Hall–Kier alpha value is -2.73. The van der Waals surface area contributed by atoms with E-state index in [2.05, 4.69) is 41.5 Å². The van der Waals surface area contributed by atoms with Gasteiger partial charge in [0.25, 0.3) is 5.91 Å². The number of aliphatic imine (C=N–C) groups is 1. The molecule has 0 N–H and O–H groups in total. The number of benzene rings is 2. The summed E-state index contributed by atoms with van der Waals surface area (Å²) in [5.74, 6) is -0.522. The fourth-order valence-electron chi connectivity index (χ4n) is 6.31. The lowest BCUT2D eigenvalue weighted by Crippen LogP contribution is -2.51. The Morgan fingerprint density at radius 2 is 1.69 bits per heavy atom. The molecule has 4 rings (SSSR count). The van der Waals surface area contributed by atoms with E-state index in [0.29, 0.717) is 22.8 Å². The van der Waals surface area contributed by atoms with Crippen molar-refractivity contribution in [3.8, 4) is 0 Å². The van der Waals surface area contributed by atoms with Gasteiger partial charge in [0.1, 0.15) is 17.2 Å². The Balaban J connectivity index is 1.78. The van der Waals surface area contributed by atoms with Gasteiger partial charge in [-0.25, -0.2) is 9.18 Å². The molecule has 1 fully saturated rings. The Bertz CT molecular complexity index is 1330. The van der Waals surface area contributed by atoms with E-state index in [0.717, 1.165) is 44.1 Å². The number of nitrogens with zero attached hydrogens (tertiary/aromatic N) is 2. The Morgan fingerprint density at radius 3 is 2.21 bits per heavy atom. The topological polar surface area (TPSA) is 59.0 Å².